The van der Waals surface area contributed by atoms with E-state index in [9.17, 15) is 9.59 Å². The number of nitrogens with one attached hydrogen (secondary N) is 1. The van der Waals surface area contributed by atoms with Gasteiger partial charge in [-0.1, -0.05) is 18.2 Å². The zero-order valence-corrected chi connectivity index (χ0v) is 24.9. The second-order valence-electron chi connectivity index (χ2n) is 12.1. The van der Waals surface area contributed by atoms with Gasteiger partial charge in [-0.2, -0.15) is 14.6 Å². The van der Waals surface area contributed by atoms with Crippen molar-refractivity contribution in [1.82, 2.24) is 29.8 Å². The molecule has 2 atom stereocenters. The summed E-state index contributed by atoms with van der Waals surface area (Å²) in [6.45, 7) is 7.74. The van der Waals surface area contributed by atoms with Crippen LogP contribution in [0.5, 0.6) is 5.75 Å². The zero-order chi connectivity index (χ0) is 30.0. The molecule has 1 fully saturated rings. The van der Waals surface area contributed by atoms with Crippen LogP contribution in [0.4, 0.5) is 10.6 Å². The maximum atomic E-state index is 13.9. The van der Waals surface area contributed by atoms with Crippen molar-refractivity contribution in [3.8, 4) is 5.75 Å². The number of ether oxygens (including phenoxy) is 2. The number of hydrogen-bond donors (Lipinski definition) is 1. The average molecular weight is 587 g/mol. The smallest absolute Gasteiger partial charge is 0.408 e. The van der Waals surface area contributed by atoms with Gasteiger partial charge in [-0.3, -0.25) is 9.79 Å². The maximum Gasteiger partial charge on any atom is 0.408 e. The summed E-state index contributed by atoms with van der Waals surface area (Å²) in [5.41, 5.74) is 2.28. The first-order valence-electron chi connectivity index (χ1n) is 14.9. The number of nitrogens with zero attached hydrogens (tertiary/aromatic N) is 7. The Hall–Kier alpha value is -4.48. The van der Waals surface area contributed by atoms with Crippen LogP contribution in [0.25, 0.3) is 5.78 Å². The van der Waals surface area contributed by atoms with Crippen molar-refractivity contribution in [3.63, 3.8) is 0 Å². The number of carbonyl (C=O) groups is 2. The summed E-state index contributed by atoms with van der Waals surface area (Å²) in [5, 5.41) is 7.17. The number of alkyl carbamates (subject to hydrolysis) is 1. The molecule has 3 aromatic rings. The third-order valence-electron chi connectivity index (χ3n) is 7.92. The van der Waals surface area contributed by atoms with Crippen LogP contribution in [-0.4, -0.2) is 80.1 Å². The van der Waals surface area contributed by atoms with Crippen LogP contribution in [0.15, 0.2) is 53.6 Å². The molecule has 0 saturated carbocycles. The fourth-order valence-electron chi connectivity index (χ4n) is 5.94. The van der Waals surface area contributed by atoms with Crippen LogP contribution < -0.4 is 15.0 Å². The Balaban J connectivity index is 1.16. The van der Waals surface area contributed by atoms with Crippen molar-refractivity contribution in [1.29, 1.82) is 0 Å². The molecule has 0 spiro atoms. The second-order valence-corrected chi connectivity index (χ2v) is 12.1. The van der Waals surface area contributed by atoms with Crippen LogP contribution in [0.2, 0.25) is 0 Å². The number of rotatable bonds is 8. The molecule has 6 rings (SSSR count). The molecule has 0 unspecified atom stereocenters. The summed E-state index contributed by atoms with van der Waals surface area (Å²) >= 11 is 0. The first kappa shape index (κ1) is 28.6. The molecule has 0 aliphatic carbocycles. The number of amides is 2. The van der Waals surface area contributed by atoms with Gasteiger partial charge in [0.2, 0.25) is 5.91 Å². The van der Waals surface area contributed by atoms with E-state index in [0.717, 1.165) is 48.6 Å². The molecule has 3 aliphatic rings. The fraction of sp³-hybridized carbons (Fsp3) is 0.484. The highest BCUT2D eigenvalue weighted by Gasteiger charge is 2.33. The number of benzene rings is 1. The van der Waals surface area contributed by atoms with Crippen LogP contribution in [0.3, 0.4) is 0 Å². The Morgan fingerprint density at radius 3 is 2.86 bits per heavy atom. The summed E-state index contributed by atoms with van der Waals surface area (Å²) in [6.07, 6.45) is 10.2. The highest BCUT2D eigenvalue weighted by atomic mass is 16.6. The van der Waals surface area contributed by atoms with Gasteiger partial charge >= 0.3 is 6.09 Å². The third kappa shape index (κ3) is 6.47. The highest BCUT2D eigenvalue weighted by molar-refractivity contribution is 5.86. The van der Waals surface area contributed by atoms with Gasteiger partial charge in [0.15, 0.2) is 0 Å². The van der Waals surface area contributed by atoms with Crippen molar-refractivity contribution < 1.29 is 19.1 Å². The Morgan fingerprint density at radius 2 is 2.05 bits per heavy atom. The van der Waals surface area contributed by atoms with E-state index in [2.05, 4.69) is 36.3 Å². The number of aliphatic imine (C=N–C) groups is 1. The van der Waals surface area contributed by atoms with Gasteiger partial charge in [-0.05, 0) is 57.7 Å². The number of allylic oxidation sites excluding steroid dienone is 1. The lowest BCUT2D eigenvalue weighted by Crippen LogP contribution is -2.51. The Labute approximate surface area is 250 Å². The summed E-state index contributed by atoms with van der Waals surface area (Å²) < 4.78 is 13.7. The molecule has 1 N–H and O–H groups in total. The van der Waals surface area contributed by atoms with Gasteiger partial charge in [-0.15, -0.1) is 0 Å². The Kier molecular flexibility index (Phi) is 8.00. The lowest BCUT2D eigenvalue weighted by molar-refractivity contribution is -0.134. The van der Waals surface area contributed by atoms with E-state index < -0.39 is 17.7 Å². The highest BCUT2D eigenvalue weighted by Crippen LogP contribution is 2.31. The van der Waals surface area contributed by atoms with Gasteiger partial charge in [0.05, 0.1) is 6.04 Å². The maximum absolute atomic E-state index is 13.9. The summed E-state index contributed by atoms with van der Waals surface area (Å²) in [4.78, 5) is 43.6. The summed E-state index contributed by atoms with van der Waals surface area (Å²) in [5.74, 6) is 2.14. The van der Waals surface area contributed by atoms with Crippen molar-refractivity contribution in [3.05, 3.63) is 59.7 Å². The second kappa shape index (κ2) is 12.0. The fourth-order valence-corrected chi connectivity index (χ4v) is 5.94. The molecule has 43 heavy (non-hydrogen) atoms. The predicted octanol–water partition coefficient (Wildman–Crippen LogP) is 3.70. The third-order valence-corrected chi connectivity index (χ3v) is 7.92. The number of anilines is 1. The van der Waals surface area contributed by atoms with E-state index in [-0.39, 0.29) is 11.9 Å². The lowest BCUT2D eigenvalue weighted by Gasteiger charge is -2.33. The van der Waals surface area contributed by atoms with E-state index in [1.54, 1.807) is 42.6 Å². The topological polar surface area (TPSA) is 127 Å². The standard InChI is InChI=1S/C31H38N8O4/c1-31(2,3)43-30(41)36-25(17-22-8-5-13-32-22)28(40)37-16-12-21-7-4-10-26(24(21)18-37)42-19-23-9-6-15-38(23)27-11-14-33-29-34-20-35-39(27)29/h4,7-8,10-11,13-14,20,23,25H,5-6,9,12,15-19H2,1-3H3,(H,36,41)/t23-,25-/m1/s1. The summed E-state index contributed by atoms with van der Waals surface area (Å²) in [6, 6.07) is 7.42. The van der Waals surface area contributed by atoms with Crippen molar-refractivity contribution in [2.45, 2.75) is 77.1 Å². The number of aromatic nitrogens is 4. The quantitative estimate of drug-likeness (QED) is 0.424. The molecular weight excluding hydrogens is 548 g/mol. The molecule has 2 amide bonds. The minimum absolute atomic E-state index is 0.161. The van der Waals surface area contributed by atoms with Gasteiger partial charge in [0.25, 0.3) is 5.78 Å². The largest absolute Gasteiger partial charge is 0.491 e. The average Bonchev–Trinajstić information content (AvgIpc) is 3.76. The molecule has 1 aromatic carbocycles. The van der Waals surface area contributed by atoms with Crippen molar-refractivity contribution >= 4 is 29.8 Å². The monoisotopic (exact) mass is 586 g/mol. The summed E-state index contributed by atoms with van der Waals surface area (Å²) in [7, 11) is 0. The van der Waals surface area contributed by atoms with Crippen molar-refractivity contribution in [2.24, 2.45) is 4.99 Å². The minimum atomic E-state index is -0.785. The molecule has 0 bridgehead atoms. The molecule has 3 aliphatic heterocycles. The predicted molar refractivity (Wildman–Crippen MR) is 161 cm³/mol. The van der Waals surface area contributed by atoms with E-state index in [4.69, 9.17) is 9.47 Å². The van der Waals surface area contributed by atoms with E-state index >= 15 is 0 Å². The van der Waals surface area contributed by atoms with E-state index in [1.807, 2.05) is 24.3 Å². The van der Waals surface area contributed by atoms with Crippen LogP contribution >= 0.6 is 0 Å². The number of fused-ring (bicyclic) bond motifs is 2. The first-order valence-corrected chi connectivity index (χ1v) is 14.9. The van der Waals surface area contributed by atoms with Gasteiger partial charge in [-0.25, -0.2) is 9.78 Å². The number of hydrogen-bond acceptors (Lipinski definition) is 9. The molecule has 12 nitrogen and oxygen atoms in total. The molecule has 0 radical (unpaired) electrons. The van der Waals surface area contributed by atoms with Crippen LogP contribution in [0.1, 0.15) is 57.6 Å². The lowest BCUT2D eigenvalue weighted by atomic mass is 9.97. The van der Waals surface area contributed by atoms with Gasteiger partial charge in [0, 0.05) is 56.1 Å². The normalized spacial score (nSPS) is 18.9. The first-order chi connectivity index (χ1) is 20.7. The van der Waals surface area contributed by atoms with Gasteiger partial charge in [0.1, 0.15) is 36.1 Å². The zero-order valence-electron chi connectivity index (χ0n) is 24.9. The van der Waals surface area contributed by atoms with Crippen molar-refractivity contribution in [2.75, 3.05) is 24.6 Å². The van der Waals surface area contributed by atoms with Gasteiger partial charge < -0.3 is 24.6 Å². The molecule has 1 saturated heterocycles. The van der Waals surface area contributed by atoms with Crippen LogP contribution in [0, 0.1) is 0 Å². The number of carbonyl (C=O) groups excluding carboxylic acids is 2. The SMILES string of the molecule is CC(C)(C)OC(=O)N[C@H](CC1=CCC=N1)C(=O)N1CCc2cccc(OC[C@H]3CCCN3c3ccnc4ncnn34)c2C1. The molecule has 5 heterocycles. The molecule has 226 valence electrons. The minimum Gasteiger partial charge on any atom is -0.491 e. The Bertz CT molecular complexity index is 1560. The Morgan fingerprint density at radius 1 is 1.16 bits per heavy atom. The van der Waals surface area contributed by atoms with Crippen LogP contribution in [-0.2, 0) is 22.5 Å². The van der Waals surface area contributed by atoms with E-state index in [0.29, 0.717) is 38.3 Å². The molecule has 12 heteroatoms. The molecular formula is C31H38N8O4. The molecule has 2 aromatic heterocycles. The van der Waals surface area contributed by atoms with E-state index in [1.165, 1.54) is 11.9 Å².